The van der Waals surface area contributed by atoms with E-state index in [1.54, 1.807) is 19.1 Å². The van der Waals surface area contributed by atoms with Gasteiger partial charge in [-0.15, -0.1) is 0 Å². The van der Waals surface area contributed by atoms with Crippen LogP contribution in [0.4, 0.5) is 0 Å². The molecule has 0 aliphatic rings. The fourth-order valence-corrected chi connectivity index (χ4v) is 3.25. The number of methoxy groups -OCH3 is 1. The Bertz CT molecular complexity index is 953. The van der Waals surface area contributed by atoms with Crippen molar-refractivity contribution in [1.82, 2.24) is 4.98 Å². The number of esters is 1. The summed E-state index contributed by atoms with van der Waals surface area (Å²) in [5.41, 5.74) is 5.09. The number of hydrogen-bond acceptors (Lipinski definition) is 3. The van der Waals surface area contributed by atoms with Crippen molar-refractivity contribution in [3.05, 3.63) is 59.2 Å². The zero-order chi connectivity index (χ0) is 18.0. The van der Waals surface area contributed by atoms with Crippen molar-refractivity contribution in [3.63, 3.8) is 0 Å². The van der Waals surface area contributed by atoms with E-state index in [9.17, 15) is 9.59 Å². The molecule has 0 unspecified atom stereocenters. The average molecular weight is 335 g/mol. The molecule has 0 bridgehead atoms. The summed E-state index contributed by atoms with van der Waals surface area (Å²) in [5, 5.41) is 1.07. The van der Waals surface area contributed by atoms with E-state index in [-0.39, 0.29) is 11.8 Å². The lowest BCUT2D eigenvalue weighted by atomic mass is 9.96. The molecule has 0 spiro atoms. The number of aromatic nitrogens is 1. The van der Waals surface area contributed by atoms with Crippen molar-refractivity contribution in [2.24, 2.45) is 0 Å². The molecular weight excluding hydrogens is 314 g/mol. The second kappa shape index (κ2) is 6.93. The Morgan fingerprint density at radius 2 is 1.88 bits per heavy atom. The van der Waals surface area contributed by atoms with Gasteiger partial charge >= 0.3 is 5.97 Å². The average Bonchev–Trinajstić information content (AvgIpc) is 2.99. The maximum Gasteiger partial charge on any atom is 0.337 e. The van der Waals surface area contributed by atoms with E-state index in [2.05, 4.69) is 11.9 Å². The van der Waals surface area contributed by atoms with Crippen LogP contribution in [0, 0.1) is 0 Å². The lowest BCUT2D eigenvalue weighted by Gasteiger charge is -2.08. The number of carbonyl (C=O) groups is 2. The van der Waals surface area contributed by atoms with Crippen molar-refractivity contribution in [1.29, 1.82) is 0 Å². The first kappa shape index (κ1) is 17.0. The highest BCUT2D eigenvalue weighted by atomic mass is 16.5. The first-order valence-electron chi connectivity index (χ1n) is 8.40. The molecule has 3 aromatic rings. The molecule has 0 radical (unpaired) electrons. The van der Waals surface area contributed by atoms with Crippen LogP contribution in [-0.2, 0) is 11.2 Å². The van der Waals surface area contributed by atoms with Gasteiger partial charge < -0.3 is 9.72 Å². The molecule has 128 valence electrons. The van der Waals surface area contributed by atoms with Crippen LogP contribution in [0.5, 0.6) is 0 Å². The van der Waals surface area contributed by atoms with Gasteiger partial charge in [-0.3, -0.25) is 4.79 Å². The molecule has 0 amide bonds. The minimum absolute atomic E-state index is 0.0342. The van der Waals surface area contributed by atoms with Gasteiger partial charge in [-0.05, 0) is 31.0 Å². The summed E-state index contributed by atoms with van der Waals surface area (Å²) in [6, 6.07) is 13.1. The van der Waals surface area contributed by atoms with E-state index in [4.69, 9.17) is 4.74 Å². The number of aromatic amines is 1. The SMILES string of the molecule is CCCc1c(-c2ccccc2C(C)=O)[nH]c2cc(C(=O)OC)ccc12. The van der Waals surface area contributed by atoms with Crippen LogP contribution in [0.25, 0.3) is 22.2 Å². The number of hydrogen-bond donors (Lipinski definition) is 1. The van der Waals surface area contributed by atoms with Crippen molar-refractivity contribution >= 4 is 22.7 Å². The van der Waals surface area contributed by atoms with Crippen LogP contribution >= 0.6 is 0 Å². The quantitative estimate of drug-likeness (QED) is 0.539. The van der Waals surface area contributed by atoms with Crippen LogP contribution in [0.1, 0.15) is 46.5 Å². The maximum atomic E-state index is 12.0. The van der Waals surface area contributed by atoms with Gasteiger partial charge in [0.1, 0.15) is 0 Å². The van der Waals surface area contributed by atoms with Crippen LogP contribution in [0.2, 0.25) is 0 Å². The summed E-state index contributed by atoms with van der Waals surface area (Å²) in [6.45, 7) is 3.71. The van der Waals surface area contributed by atoms with E-state index < -0.39 is 0 Å². The molecule has 4 heteroatoms. The lowest BCUT2D eigenvalue weighted by Crippen LogP contribution is -2.00. The monoisotopic (exact) mass is 335 g/mol. The van der Waals surface area contributed by atoms with Crippen molar-refractivity contribution in [2.75, 3.05) is 7.11 Å². The Morgan fingerprint density at radius 3 is 2.56 bits per heavy atom. The summed E-state index contributed by atoms with van der Waals surface area (Å²) >= 11 is 0. The minimum atomic E-state index is -0.362. The number of carbonyl (C=O) groups excluding carboxylic acids is 2. The van der Waals surface area contributed by atoms with Crippen molar-refractivity contribution < 1.29 is 14.3 Å². The molecule has 0 aliphatic carbocycles. The molecule has 0 saturated heterocycles. The first-order chi connectivity index (χ1) is 12.1. The van der Waals surface area contributed by atoms with E-state index in [1.807, 2.05) is 30.3 Å². The van der Waals surface area contributed by atoms with Gasteiger partial charge in [0.2, 0.25) is 0 Å². The molecule has 3 rings (SSSR count). The standard InChI is InChI=1S/C21H21NO3/c1-4-7-17-16-11-10-14(21(24)25-3)12-19(16)22-20(17)18-9-6-5-8-15(18)13(2)23/h5-6,8-12,22H,4,7H2,1-3H3. The van der Waals surface area contributed by atoms with E-state index in [0.717, 1.165) is 35.0 Å². The van der Waals surface area contributed by atoms with Gasteiger partial charge in [0.15, 0.2) is 5.78 Å². The Morgan fingerprint density at radius 1 is 1.12 bits per heavy atom. The highest BCUT2D eigenvalue weighted by Crippen LogP contribution is 2.34. The summed E-state index contributed by atoms with van der Waals surface area (Å²) in [4.78, 5) is 27.3. The molecule has 0 saturated carbocycles. The summed E-state index contributed by atoms with van der Waals surface area (Å²) in [6.07, 6.45) is 1.88. The molecule has 25 heavy (non-hydrogen) atoms. The van der Waals surface area contributed by atoms with Crippen LogP contribution in [0.3, 0.4) is 0 Å². The second-order valence-corrected chi connectivity index (χ2v) is 6.08. The molecule has 2 aromatic carbocycles. The Kier molecular flexibility index (Phi) is 4.70. The van der Waals surface area contributed by atoms with Gasteiger partial charge in [-0.2, -0.15) is 0 Å². The van der Waals surface area contributed by atoms with Gasteiger partial charge in [0.25, 0.3) is 0 Å². The van der Waals surface area contributed by atoms with Crippen LogP contribution in [0.15, 0.2) is 42.5 Å². The molecular formula is C21H21NO3. The number of H-pyrrole nitrogens is 1. The molecule has 0 fully saturated rings. The van der Waals surface area contributed by atoms with Crippen LogP contribution in [-0.4, -0.2) is 23.8 Å². The van der Waals surface area contributed by atoms with Gasteiger partial charge in [-0.25, -0.2) is 4.79 Å². The normalized spacial score (nSPS) is 10.8. The Balaban J connectivity index is 2.26. The van der Waals surface area contributed by atoms with Crippen molar-refractivity contribution in [3.8, 4) is 11.3 Å². The van der Waals surface area contributed by atoms with E-state index in [1.165, 1.54) is 12.7 Å². The molecule has 1 N–H and O–H groups in total. The van der Waals surface area contributed by atoms with Crippen LogP contribution < -0.4 is 0 Å². The molecule has 0 atom stereocenters. The smallest absolute Gasteiger partial charge is 0.337 e. The third-order valence-electron chi connectivity index (χ3n) is 4.40. The van der Waals surface area contributed by atoms with E-state index >= 15 is 0 Å². The number of ether oxygens (including phenoxy) is 1. The number of fused-ring (bicyclic) bond motifs is 1. The molecule has 4 nitrogen and oxygen atoms in total. The zero-order valence-electron chi connectivity index (χ0n) is 14.7. The van der Waals surface area contributed by atoms with Gasteiger partial charge in [0.05, 0.1) is 18.4 Å². The third-order valence-corrected chi connectivity index (χ3v) is 4.40. The molecule has 1 heterocycles. The number of rotatable bonds is 5. The first-order valence-corrected chi connectivity index (χ1v) is 8.40. The second-order valence-electron chi connectivity index (χ2n) is 6.08. The van der Waals surface area contributed by atoms with Gasteiger partial charge in [-0.1, -0.05) is 43.7 Å². The minimum Gasteiger partial charge on any atom is -0.465 e. The highest BCUT2D eigenvalue weighted by molar-refractivity contribution is 6.03. The third kappa shape index (κ3) is 3.07. The number of ketones is 1. The molecule has 0 aliphatic heterocycles. The van der Waals surface area contributed by atoms with E-state index in [0.29, 0.717) is 11.1 Å². The maximum absolute atomic E-state index is 12.0. The summed E-state index contributed by atoms with van der Waals surface area (Å²) in [5.74, 6) is -0.328. The fourth-order valence-electron chi connectivity index (χ4n) is 3.25. The molecule has 1 aromatic heterocycles. The predicted molar refractivity (Wildman–Crippen MR) is 99.1 cm³/mol. The topological polar surface area (TPSA) is 59.2 Å². The highest BCUT2D eigenvalue weighted by Gasteiger charge is 2.18. The Labute approximate surface area is 146 Å². The largest absolute Gasteiger partial charge is 0.465 e. The number of Topliss-reactive ketones (excluding diaryl/α,β-unsaturated/α-hetero) is 1. The number of aryl methyl sites for hydroxylation is 1. The summed E-state index contributed by atoms with van der Waals surface area (Å²) < 4.78 is 4.81. The lowest BCUT2D eigenvalue weighted by molar-refractivity contribution is 0.0600. The fraction of sp³-hybridized carbons (Fsp3) is 0.238. The number of benzene rings is 2. The van der Waals surface area contributed by atoms with Crippen molar-refractivity contribution in [2.45, 2.75) is 26.7 Å². The predicted octanol–water partition coefficient (Wildman–Crippen LogP) is 4.78. The summed E-state index contributed by atoms with van der Waals surface area (Å²) in [7, 11) is 1.37. The zero-order valence-corrected chi connectivity index (χ0v) is 14.7. The van der Waals surface area contributed by atoms with Gasteiger partial charge in [0, 0.05) is 22.0 Å². The Hall–Kier alpha value is -2.88. The number of nitrogens with one attached hydrogen (secondary N) is 1.